The number of amides is 4. The molecule has 4 fully saturated rings. The maximum atomic E-state index is 13.9. The Hall–Kier alpha value is -12.4. The summed E-state index contributed by atoms with van der Waals surface area (Å²) < 4.78 is 406. The van der Waals surface area contributed by atoms with Gasteiger partial charge in [-0.15, -0.1) is 0 Å². The molecule has 12 aromatic carbocycles. The molecule has 128 heavy (non-hydrogen) atoms. The van der Waals surface area contributed by atoms with E-state index in [1.807, 2.05) is 121 Å². The van der Waals surface area contributed by atoms with Crippen LogP contribution < -0.4 is 41.9 Å². The van der Waals surface area contributed by atoms with Gasteiger partial charge in [0.1, 0.15) is 44.7 Å². The Labute approximate surface area is 819 Å². The Bertz CT molecular complexity index is 8180. The Kier molecular flexibility index (Phi) is 15.1. The van der Waals surface area contributed by atoms with Gasteiger partial charge < -0.3 is 61.5 Å². The lowest BCUT2D eigenvalue weighted by atomic mass is 9.64. The molecule has 0 bridgehead atoms. The fourth-order valence-corrected chi connectivity index (χ4v) is 18.8. The summed E-state index contributed by atoms with van der Waals surface area (Å²) in [5.41, 5.74) is 17.8. The van der Waals surface area contributed by atoms with E-state index in [1.54, 1.807) is 9.80 Å². The van der Waals surface area contributed by atoms with Crippen molar-refractivity contribution in [2.45, 2.75) is 98.7 Å². The molecule has 0 radical (unpaired) electrons. The molecule has 8 heterocycles. The van der Waals surface area contributed by atoms with Gasteiger partial charge in [0.25, 0.3) is 0 Å². The van der Waals surface area contributed by atoms with Gasteiger partial charge in [-0.3, -0.25) is 19.2 Å². The van der Waals surface area contributed by atoms with Crippen LogP contribution in [0, 0.1) is 23.7 Å². The van der Waals surface area contributed by atoms with Crippen LogP contribution in [0.15, 0.2) is 315 Å². The number of hydrogen-bond acceptors (Lipinski definition) is 12. The van der Waals surface area contributed by atoms with E-state index in [9.17, 15) is 19.2 Å². The molecule has 0 unspecified atom stereocenters. The summed E-state index contributed by atoms with van der Waals surface area (Å²) in [6, 6.07) is 17.0. The molecule has 656 valence electrons. The van der Waals surface area contributed by atoms with Crippen LogP contribution in [0.4, 0.5) is 0 Å². The van der Waals surface area contributed by atoms with Gasteiger partial charge in [-0.05, 0) is 214 Å². The minimum atomic E-state index is -2.73. The van der Waals surface area contributed by atoms with Crippen molar-refractivity contribution < 1.29 is 101 Å². The van der Waals surface area contributed by atoms with Gasteiger partial charge in [0, 0.05) is 86.1 Å². The van der Waals surface area contributed by atoms with Crippen molar-refractivity contribution in [2.75, 3.05) is 105 Å². The van der Waals surface area contributed by atoms with Crippen LogP contribution in [-0.2, 0) is 92.2 Å². The van der Waals surface area contributed by atoms with Crippen LogP contribution in [0.1, 0.15) is 178 Å². The van der Waals surface area contributed by atoms with E-state index in [-0.39, 0.29) is 211 Å². The number of likely N-dealkylation sites (tertiary alicyclic amines) is 4. The minimum Gasteiger partial charge on any atom is -0.493 e. The third kappa shape index (κ3) is 18.4. The van der Waals surface area contributed by atoms with E-state index in [4.69, 9.17) is 105 Å². The fraction of sp³-hybridized carbons (Fsp3) is 0.321. The molecule has 0 aromatic heterocycles. The molecular formula is C112H120N8O8. The third-order valence-electron chi connectivity index (χ3n) is 24.9. The average molecular weight is 1750 g/mol. The van der Waals surface area contributed by atoms with E-state index in [0.717, 1.165) is 22.3 Å². The summed E-state index contributed by atoms with van der Waals surface area (Å²) in [6.45, 7) is -11.8. The molecule has 16 heteroatoms. The van der Waals surface area contributed by atoms with Crippen LogP contribution in [0.5, 0.6) is 23.0 Å². The Morgan fingerprint density at radius 3 is 0.859 bits per heavy atom. The number of rotatable bonds is 28. The summed E-state index contributed by atoms with van der Waals surface area (Å²) in [6.07, 6.45) is -3.17. The lowest BCUT2D eigenvalue weighted by Gasteiger charge is -2.37. The first kappa shape index (κ1) is 48.1. The lowest BCUT2D eigenvalue weighted by molar-refractivity contribution is -0.124. The number of hydrogen-bond donors (Lipinski definition) is 4. The summed E-state index contributed by atoms with van der Waals surface area (Å²) in [4.78, 5) is 61.1. The number of carbonyl (C=O) groups is 4. The number of carbonyl (C=O) groups excluding carboxylic acids is 4. The van der Waals surface area contributed by atoms with E-state index in [0.29, 0.717) is 39.0 Å². The third-order valence-corrected chi connectivity index (χ3v) is 24.9. The topological polar surface area (TPSA) is 222 Å². The van der Waals surface area contributed by atoms with Gasteiger partial charge in [-0.25, -0.2) is 0 Å². The van der Waals surface area contributed by atoms with Gasteiger partial charge in [-0.1, -0.05) is 291 Å². The summed E-state index contributed by atoms with van der Waals surface area (Å²) >= 11 is 0. The minimum absolute atomic E-state index is 0.00576. The van der Waals surface area contributed by atoms with Crippen LogP contribution in [0.25, 0.3) is 0 Å². The Morgan fingerprint density at radius 1 is 0.312 bits per heavy atom. The second kappa shape index (κ2) is 40.3. The van der Waals surface area contributed by atoms with Crippen molar-refractivity contribution in [3.05, 3.63) is 404 Å². The summed E-state index contributed by atoms with van der Waals surface area (Å²) in [5, 5.41) is 0. The Balaban J connectivity index is 0.000000154. The van der Waals surface area contributed by atoms with Crippen molar-refractivity contribution in [1.82, 2.24) is 19.6 Å². The molecule has 16 nitrogen and oxygen atoms in total. The molecule has 0 aliphatic carbocycles. The van der Waals surface area contributed by atoms with E-state index >= 15 is 0 Å². The van der Waals surface area contributed by atoms with Crippen molar-refractivity contribution in [2.24, 2.45) is 46.6 Å². The van der Waals surface area contributed by atoms with Gasteiger partial charge in [-0.2, -0.15) is 0 Å². The number of nitrogens with zero attached hydrogens (tertiary/aromatic N) is 4. The highest BCUT2D eigenvalue weighted by Crippen LogP contribution is 2.49. The van der Waals surface area contributed by atoms with Crippen molar-refractivity contribution in [1.29, 1.82) is 0 Å². The monoisotopic (exact) mass is 1750 g/mol. The molecule has 4 amide bonds. The largest absolute Gasteiger partial charge is 0.493 e. The SMILES string of the molecule is [2H]c1c([2H])c([2H])c(C(C(N)=O)(c2c([2H])c([2H])c([2H])c([2H])c2[2H])[C@@H]2CCN(C([2H])([2H])Cc3c([2H])c([2H])c4c(c3[2H])CC([2H])([2H])O4)C2)c([2H])c1[2H].[2H]c1c([2H])c([2H])c(C(C(N)=O)(c2c([2H])c([2H])c([2H])c([2H])c2[2H])[C@@H]2CCN(CCc3c([2H])c([2H])c4c(c3[2H])CC([2H])([2H])O4)C2)c([2H])c1[2H].[2H]c1c([2H])c2c(c([2H])c1CC([2H])([2H])N1CC[C@@H](C(C(N)=O)(c3ccccc3)c3ccccc3)C1)CC([2H])([2H])O2.[2H]c1c([2H])c2c(c([2H])c1CCN1CC[C@@H](C(C(N)=O)(c3ccccc3)c3ccccc3)C1)C([2H])([2H])C([2H])([2H])O2. The molecule has 0 saturated carbocycles. The highest BCUT2D eigenvalue weighted by Gasteiger charge is 2.54. The first-order valence-corrected chi connectivity index (χ1v) is 42.0. The van der Waals surface area contributed by atoms with Crippen molar-refractivity contribution in [3.8, 4) is 23.0 Å². The van der Waals surface area contributed by atoms with Crippen molar-refractivity contribution in [3.63, 3.8) is 0 Å². The number of benzene rings is 12. The summed E-state index contributed by atoms with van der Waals surface area (Å²) in [7, 11) is 0. The van der Waals surface area contributed by atoms with E-state index in [2.05, 4.69) is 4.90 Å². The fourth-order valence-electron chi connectivity index (χ4n) is 18.8. The van der Waals surface area contributed by atoms with Crippen LogP contribution in [-0.4, -0.2) is 148 Å². The predicted molar refractivity (Wildman–Crippen MR) is 507 cm³/mol. The quantitative estimate of drug-likeness (QED) is 0.0360. The first-order valence-electron chi connectivity index (χ1n) is 65.0. The second-order valence-corrected chi connectivity index (χ2v) is 31.9. The zero-order chi connectivity index (χ0) is 128. The molecule has 8 aliphatic rings. The second-order valence-electron chi connectivity index (χ2n) is 31.9. The zero-order valence-electron chi connectivity index (χ0n) is 116. The van der Waals surface area contributed by atoms with Gasteiger partial charge in [0.2, 0.25) is 23.6 Å². The Morgan fingerprint density at radius 2 is 0.562 bits per heavy atom. The van der Waals surface area contributed by atoms with Gasteiger partial charge in [0.15, 0.2) is 0 Å². The molecule has 20 rings (SSSR count). The number of nitrogens with two attached hydrogens (primary N) is 4. The normalized spacial score (nSPS) is 25.6. The molecule has 8 aliphatic heterocycles. The highest BCUT2D eigenvalue weighted by atomic mass is 16.5. The first-order chi connectivity index (χ1) is 81.1. The lowest BCUT2D eigenvalue weighted by Crippen LogP contribution is -2.49. The smallest absolute Gasteiger partial charge is 0.232 e. The van der Waals surface area contributed by atoms with Crippen LogP contribution in [0.2, 0.25) is 0 Å². The molecule has 12 aromatic rings. The van der Waals surface area contributed by atoms with E-state index < -0.39 is 283 Å². The molecule has 4 saturated heterocycles. The number of ether oxygens (including phenoxy) is 4. The number of primary amides is 4. The van der Waals surface area contributed by atoms with E-state index in [1.165, 1.54) is 4.90 Å². The number of fused-ring (bicyclic) bond motifs is 4. The van der Waals surface area contributed by atoms with Crippen LogP contribution >= 0.6 is 0 Å². The zero-order valence-corrected chi connectivity index (χ0v) is 69.6. The highest BCUT2D eigenvalue weighted by molar-refractivity contribution is 5.94. The molecular weight excluding hydrogens is 1590 g/mol. The molecule has 8 N–H and O–H groups in total. The van der Waals surface area contributed by atoms with Gasteiger partial charge in [0.05, 0.1) is 81.1 Å². The van der Waals surface area contributed by atoms with Crippen molar-refractivity contribution >= 4 is 23.6 Å². The molecule has 4 atom stereocenters. The molecule has 0 spiro atoms. The maximum absolute atomic E-state index is 13.9. The predicted octanol–water partition coefficient (Wildman–Crippen LogP) is 15.8. The van der Waals surface area contributed by atoms with Gasteiger partial charge >= 0.3 is 0 Å². The van der Waals surface area contributed by atoms with Crippen LogP contribution in [0.3, 0.4) is 0 Å². The maximum Gasteiger partial charge on any atom is 0.232 e. The standard InChI is InChI=1S/4C28H30N2O2/c4*29-27(31)28(23-7-3-1-4-8-23,24-9-5-2-6-10-24)25-14-17-30(20-25)16-13-21-11-12-26-22(19-21)15-18-32-26/h4*1-12,19,25H,13-18,20H2,(H2,29,31)/t4*25-/m1111/s1/i1D,2D,3D,4D,5D,6D,7D,8D,9D,10D,11D,12D,16D2,18D2,19D;1D,2D,3D,4D,5D,6D,7D,8D,9D,10D,11D,12D,18D2,19D;11D,12D,16D2,18D2,19D;11D,12D,15D2,18D2,19D. The average Bonchev–Trinajstić information content (AvgIpc) is 1.67. The summed E-state index contributed by atoms with van der Waals surface area (Å²) in [5.74, 6) is -7.35.